The number of hydrogen-bond acceptors (Lipinski definition) is 6. The molecule has 11 heteroatoms. The largest absolute Gasteiger partial charge is 1.00 e. The first-order valence-corrected chi connectivity index (χ1v) is 19.6. The Morgan fingerprint density at radius 2 is 1.54 bits per heavy atom. The summed E-state index contributed by atoms with van der Waals surface area (Å²) < 4.78 is 66.2. The Morgan fingerprint density at radius 1 is 0.875 bits per heavy atom. The Hall–Kier alpha value is -1.31. The second-order valence-corrected chi connectivity index (χ2v) is 17.1. The van der Waals surface area contributed by atoms with Crippen LogP contribution in [0.25, 0.3) is 5.57 Å². The van der Waals surface area contributed by atoms with Crippen LogP contribution >= 0.6 is 11.6 Å². The van der Waals surface area contributed by atoms with Gasteiger partial charge in [0.15, 0.2) is 0 Å². The van der Waals surface area contributed by atoms with E-state index in [1.807, 2.05) is 30.3 Å². The van der Waals surface area contributed by atoms with E-state index in [0.29, 0.717) is 24.4 Å². The molecule has 252 valence electrons. The molecule has 0 fully saturated rings. The number of rotatable bonds is 11. The molecule has 0 amide bonds. The maximum absolute atomic E-state index is 11.4. The van der Waals surface area contributed by atoms with Gasteiger partial charge in [-0.3, -0.25) is 4.55 Å². The zero-order chi connectivity index (χ0) is 34.2. The minimum absolute atomic E-state index is 0. The van der Waals surface area contributed by atoms with Crippen LogP contribution in [-0.2, 0) is 31.1 Å². The van der Waals surface area contributed by atoms with Crippen LogP contribution in [0.1, 0.15) is 82.9 Å². The summed E-state index contributed by atoms with van der Waals surface area (Å²) in [5, 5.41) is 0.712. The normalized spacial score (nSPS) is 20.5. The Morgan fingerprint density at radius 3 is 2.23 bits per heavy atom. The third-order valence-electron chi connectivity index (χ3n) is 9.68. The third kappa shape index (κ3) is 8.76. The summed E-state index contributed by atoms with van der Waals surface area (Å²) in [5.41, 5.74) is 9.12. The molecular weight excluding hydrogens is 693 g/mol. The molecule has 2 aliphatic carbocycles. The zero-order valence-corrected chi connectivity index (χ0v) is 33.9. The minimum Gasteiger partial charge on any atom is -0.748 e. The fraction of sp³-hybridized carbons (Fsp3) is 0.405. The van der Waals surface area contributed by atoms with Gasteiger partial charge in [0.05, 0.1) is 15.9 Å². The van der Waals surface area contributed by atoms with E-state index >= 15 is 0 Å². The molecule has 1 heterocycles. The van der Waals surface area contributed by atoms with Gasteiger partial charge >= 0.3 is 51.4 Å². The molecule has 0 atom stereocenters. The fourth-order valence-electron chi connectivity index (χ4n) is 7.32. The monoisotopic (exact) mass is 735 g/mol. The predicted octanol–water partition coefficient (Wildman–Crippen LogP) is 5.18. The number of hydrogen-bond donors (Lipinski definition) is 1. The van der Waals surface area contributed by atoms with E-state index in [4.69, 9.17) is 11.6 Å². The summed E-state index contributed by atoms with van der Waals surface area (Å²) in [7, 11) is -8.35. The van der Waals surface area contributed by atoms with Crippen molar-refractivity contribution >= 4 is 43.1 Å². The first-order valence-electron chi connectivity index (χ1n) is 16.1. The van der Waals surface area contributed by atoms with Crippen molar-refractivity contribution in [3.05, 3.63) is 117 Å². The molecule has 0 radical (unpaired) electrons. The van der Waals surface area contributed by atoms with Gasteiger partial charge in [-0.2, -0.15) is 8.42 Å². The Bertz CT molecular complexity index is 1940. The van der Waals surface area contributed by atoms with Crippen LogP contribution in [0.15, 0.2) is 100 Å². The molecule has 0 saturated carbocycles. The predicted molar refractivity (Wildman–Crippen MR) is 190 cm³/mol. The van der Waals surface area contributed by atoms with Gasteiger partial charge < -0.3 is 9.45 Å². The van der Waals surface area contributed by atoms with E-state index < -0.39 is 26.0 Å². The molecule has 1 N–H and O–H groups in total. The molecule has 0 saturated heterocycles. The van der Waals surface area contributed by atoms with E-state index in [2.05, 4.69) is 75.1 Å². The fourth-order valence-corrected chi connectivity index (χ4v) is 8.63. The van der Waals surface area contributed by atoms with Gasteiger partial charge in [0.25, 0.3) is 10.1 Å². The summed E-state index contributed by atoms with van der Waals surface area (Å²) in [4.78, 5) is 2.12. The van der Waals surface area contributed by atoms with E-state index in [-0.39, 0.29) is 74.4 Å². The van der Waals surface area contributed by atoms with E-state index in [1.165, 1.54) is 5.56 Å². The first-order chi connectivity index (χ1) is 22.0. The van der Waals surface area contributed by atoms with Gasteiger partial charge in [0.2, 0.25) is 0 Å². The third-order valence-corrected chi connectivity index (χ3v) is 11.8. The van der Waals surface area contributed by atoms with Crippen LogP contribution in [0, 0.1) is 0 Å². The van der Waals surface area contributed by atoms with Crippen molar-refractivity contribution in [3.63, 3.8) is 0 Å². The number of nitrogens with zero attached hydrogens (tertiary/aromatic N) is 1. The maximum Gasteiger partial charge on any atom is 1.00 e. The van der Waals surface area contributed by atoms with Crippen LogP contribution in [-0.4, -0.2) is 44.0 Å². The quantitative estimate of drug-likeness (QED) is 0.250. The molecule has 0 spiro atoms. The van der Waals surface area contributed by atoms with Crippen LogP contribution in [0.5, 0.6) is 0 Å². The first kappa shape index (κ1) is 39.5. The average Bonchev–Trinajstić information content (AvgIpc) is 3.33. The van der Waals surface area contributed by atoms with Crippen molar-refractivity contribution < 1.29 is 77.3 Å². The molecule has 2 aromatic rings. The number of halogens is 1. The van der Waals surface area contributed by atoms with Gasteiger partial charge in [-0.05, 0) is 89.7 Å². The average molecular weight is 736 g/mol. The molecule has 1 aliphatic heterocycles. The molecule has 5 rings (SSSR count). The van der Waals surface area contributed by atoms with Crippen molar-refractivity contribution in [1.29, 1.82) is 0 Å². The smallest absolute Gasteiger partial charge is 0.748 e. The molecule has 2 aromatic carbocycles. The molecular formula is C37H43ClKNO6S2. The summed E-state index contributed by atoms with van der Waals surface area (Å²) in [6.45, 7) is 9.06. The van der Waals surface area contributed by atoms with Crippen molar-refractivity contribution in [2.45, 2.75) is 77.0 Å². The van der Waals surface area contributed by atoms with E-state index in [0.717, 1.165) is 64.1 Å². The SMILES string of the molecule is CC1(C)C(/C=C/C2=C(Cl)C(=C/C=C3/N(CCCS(=O)(=O)[O-])c4ccccc4C3(C)C)/CCC2)=C(CCCS(=O)(=O)O)c2ccccc21.[K+]. The molecule has 7 nitrogen and oxygen atoms in total. The molecule has 0 unspecified atom stereocenters. The number of para-hydroxylation sites is 1. The van der Waals surface area contributed by atoms with Gasteiger partial charge in [-0.1, -0.05) is 100.0 Å². The van der Waals surface area contributed by atoms with Crippen molar-refractivity contribution in [3.8, 4) is 0 Å². The van der Waals surface area contributed by atoms with E-state index in [9.17, 15) is 25.9 Å². The van der Waals surface area contributed by atoms with Crippen LogP contribution < -0.4 is 56.3 Å². The molecule has 48 heavy (non-hydrogen) atoms. The number of benzene rings is 2. The summed E-state index contributed by atoms with van der Waals surface area (Å²) >= 11 is 7.09. The topological polar surface area (TPSA) is 115 Å². The summed E-state index contributed by atoms with van der Waals surface area (Å²) in [6.07, 6.45) is 12.1. The Balaban J connectivity index is 0.00000520. The van der Waals surface area contributed by atoms with Gasteiger partial charge in [0, 0.05) is 39.5 Å². The number of anilines is 1. The van der Waals surface area contributed by atoms with Crippen molar-refractivity contribution in [2.24, 2.45) is 0 Å². The molecule has 0 aromatic heterocycles. The van der Waals surface area contributed by atoms with Gasteiger partial charge in [-0.25, -0.2) is 8.42 Å². The summed E-state index contributed by atoms with van der Waals surface area (Å²) in [5.74, 6) is -0.695. The minimum atomic E-state index is -4.31. The van der Waals surface area contributed by atoms with Gasteiger partial charge in [-0.15, -0.1) is 0 Å². The summed E-state index contributed by atoms with van der Waals surface area (Å²) in [6, 6.07) is 16.3. The molecule has 0 bridgehead atoms. The van der Waals surface area contributed by atoms with Crippen LogP contribution in [0.4, 0.5) is 5.69 Å². The number of fused-ring (bicyclic) bond motifs is 2. The maximum atomic E-state index is 11.4. The second kappa shape index (κ2) is 15.5. The molecule has 3 aliphatic rings. The van der Waals surface area contributed by atoms with Crippen molar-refractivity contribution in [2.75, 3.05) is 23.0 Å². The van der Waals surface area contributed by atoms with Gasteiger partial charge in [0.1, 0.15) is 0 Å². The number of allylic oxidation sites excluding steroid dienone is 10. The Kier molecular flexibility index (Phi) is 12.8. The van der Waals surface area contributed by atoms with Crippen LogP contribution in [0.2, 0.25) is 0 Å². The zero-order valence-electron chi connectivity index (χ0n) is 28.4. The van der Waals surface area contributed by atoms with Crippen LogP contribution in [0.3, 0.4) is 0 Å². The van der Waals surface area contributed by atoms with E-state index in [1.54, 1.807) is 0 Å². The Labute approximate surface area is 333 Å². The van der Waals surface area contributed by atoms with Crippen molar-refractivity contribution in [1.82, 2.24) is 0 Å². The standard InChI is InChI=1S/C37H44ClNO6S2.K/c1-36(2)30-16-6-5-14-28(30)29(15-10-24-46(40,41)42)31(36)21-19-26-12-9-13-27(35(26)38)20-22-34-37(3,4)32-17-7-8-18-33(32)39(34)23-11-25-47(43,44)45;/h5-8,14,16-22H,9-13,15,23-25H2,1-4H3,(H,40,41,42)(H,43,44,45);/q;+1/p-1/b21-19+,27-20+,34-22+;. The second-order valence-electron chi connectivity index (χ2n) is 13.6.